The Bertz CT molecular complexity index is 389. The Hall–Kier alpha value is -1.29. The number of rotatable bonds is 3. The third-order valence-electron chi connectivity index (χ3n) is 3.47. The summed E-state index contributed by atoms with van der Waals surface area (Å²) in [5.41, 5.74) is 1.00. The molecule has 0 radical (unpaired) electrons. The summed E-state index contributed by atoms with van der Waals surface area (Å²) in [7, 11) is 0. The highest BCUT2D eigenvalue weighted by atomic mass is 16.4. The number of furan rings is 1. The lowest BCUT2D eigenvalue weighted by atomic mass is 10.2. The maximum absolute atomic E-state index is 10.7. The van der Waals surface area contributed by atoms with Crippen molar-refractivity contribution in [3.05, 3.63) is 23.2 Å². The molecular formula is C13H19NO3. The summed E-state index contributed by atoms with van der Waals surface area (Å²) in [6.45, 7) is 5.03. The van der Waals surface area contributed by atoms with Gasteiger partial charge in [0.15, 0.2) is 0 Å². The summed E-state index contributed by atoms with van der Waals surface area (Å²) in [5.74, 6) is -0.571. The molecule has 2 heterocycles. The van der Waals surface area contributed by atoms with Crippen LogP contribution in [0.25, 0.3) is 0 Å². The van der Waals surface area contributed by atoms with Crippen LogP contribution in [0, 0.1) is 6.92 Å². The number of hydrogen-bond donors (Lipinski definition) is 1. The number of hydrogen-bond acceptors (Lipinski definition) is 3. The zero-order chi connectivity index (χ0) is 12.3. The monoisotopic (exact) mass is 237 g/mol. The quantitative estimate of drug-likeness (QED) is 0.799. The van der Waals surface area contributed by atoms with Gasteiger partial charge in [-0.3, -0.25) is 0 Å². The van der Waals surface area contributed by atoms with Crippen LogP contribution in [-0.4, -0.2) is 19.1 Å². The minimum absolute atomic E-state index is 0.0493. The van der Waals surface area contributed by atoms with Gasteiger partial charge in [0, 0.05) is 5.56 Å². The lowest BCUT2D eigenvalue weighted by Gasteiger charge is -2.16. The number of carboxylic acid groups (broad SMARTS) is 1. The molecule has 0 atom stereocenters. The van der Waals surface area contributed by atoms with Crippen LogP contribution in [-0.2, 0) is 6.54 Å². The Morgan fingerprint density at radius 1 is 1.35 bits per heavy atom. The van der Waals surface area contributed by atoms with Gasteiger partial charge in [-0.25, -0.2) is 0 Å². The van der Waals surface area contributed by atoms with E-state index in [1.807, 2.05) is 6.92 Å². The summed E-state index contributed by atoms with van der Waals surface area (Å²) < 4.78 is 5.17. The van der Waals surface area contributed by atoms with Crippen LogP contribution in [0.5, 0.6) is 0 Å². The lowest BCUT2D eigenvalue weighted by molar-refractivity contribution is -0.913. The Labute approximate surface area is 101 Å². The number of carbonyl (C=O) groups is 1. The van der Waals surface area contributed by atoms with E-state index in [-0.39, 0.29) is 5.76 Å². The second-order valence-corrected chi connectivity index (χ2v) is 4.82. The van der Waals surface area contributed by atoms with Crippen molar-refractivity contribution < 1.29 is 19.2 Å². The van der Waals surface area contributed by atoms with Crippen molar-refractivity contribution in [2.24, 2.45) is 0 Å². The predicted molar refractivity (Wildman–Crippen MR) is 60.6 cm³/mol. The van der Waals surface area contributed by atoms with Crippen molar-refractivity contribution in [1.29, 1.82) is 0 Å². The van der Waals surface area contributed by atoms with E-state index < -0.39 is 5.97 Å². The molecule has 1 aliphatic rings. The maximum Gasteiger partial charge on any atom is 0.150 e. The van der Waals surface area contributed by atoms with Crippen LogP contribution >= 0.6 is 0 Å². The van der Waals surface area contributed by atoms with Gasteiger partial charge >= 0.3 is 0 Å². The van der Waals surface area contributed by atoms with Gasteiger partial charge in [-0.2, -0.15) is 0 Å². The highest BCUT2D eigenvalue weighted by Gasteiger charge is 2.16. The van der Waals surface area contributed by atoms with Crippen molar-refractivity contribution in [3.8, 4) is 0 Å². The topological polar surface area (TPSA) is 57.7 Å². The zero-order valence-corrected chi connectivity index (χ0v) is 10.3. The molecule has 0 spiro atoms. The van der Waals surface area contributed by atoms with Crippen LogP contribution in [0.1, 0.15) is 47.6 Å². The fourth-order valence-electron chi connectivity index (χ4n) is 2.47. The highest BCUT2D eigenvalue weighted by molar-refractivity contribution is 5.82. The first-order valence-electron chi connectivity index (χ1n) is 6.31. The van der Waals surface area contributed by atoms with Crippen LogP contribution in [0.3, 0.4) is 0 Å². The van der Waals surface area contributed by atoms with Gasteiger partial charge < -0.3 is 19.2 Å². The molecule has 1 aromatic heterocycles. The summed E-state index contributed by atoms with van der Waals surface area (Å²) in [6, 6.07) is 1.61. The average Bonchev–Trinajstić information content (AvgIpc) is 2.52. The fraction of sp³-hybridized carbons (Fsp3) is 0.615. The van der Waals surface area contributed by atoms with Gasteiger partial charge in [0.25, 0.3) is 0 Å². The third kappa shape index (κ3) is 3.09. The molecule has 1 aliphatic heterocycles. The largest absolute Gasteiger partial charge is 0.542 e. The first-order valence-corrected chi connectivity index (χ1v) is 6.31. The fourth-order valence-corrected chi connectivity index (χ4v) is 2.47. The van der Waals surface area contributed by atoms with E-state index >= 15 is 0 Å². The number of carbonyl (C=O) groups excluding carboxylic acids is 1. The highest BCUT2D eigenvalue weighted by Crippen LogP contribution is 2.13. The molecule has 4 nitrogen and oxygen atoms in total. The minimum Gasteiger partial charge on any atom is -0.542 e. The smallest absolute Gasteiger partial charge is 0.150 e. The van der Waals surface area contributed by atoms with Gasteiger partial charge in [0.1, 0.15) is 24.0 Å². The second-order valence-electron chi connectivity index (χ2n) is 4.82. The molecule has 1 N–H and O–H groups in total. The molecule has 4 heteroatoms. The molecule has 1 fully saturated rings. The number of carboxylic acids is 1. The summed E-state index contributed by atoms with van der Waals surface area (Å²) in [5, 5.41) is 10.7. The summed E-state index contributed by atoms with van der Waals surface area (Å²) in [6.07, 6.45) is 5.16. The molecule has 0 unspecified atom stereocenters. The van der Waals surface area contributed by atoms with E-state index in [9.17, 15) is 9.90 Å². The predicted octanol–water partition coefficient (Wildman–Crippen LogP) is -0.0896. The molecular weight excluding hydrogens is 218 g/mol. The lowest BCUT2D eigenvalue weighted by Crippen LogP contribution is -3.10. The Balaban J connectivity index is 2.04. The van der Waals surface area contributed by atoms with Crippen molar-refractivity contribution in [1.82, 2.24) is 0 Å². The van der Waals surface area contributed by atoms with Crippen molar-refractivity contribution in [3.63, 3.8) is 0 Å². The SMILES string of the molecule is Cc1oc(C(=O)[O-])cc1C[NH+]1CCCCCC1. The maximum atomic E-state index is 10.7. The van der Waals surface area contributed by atoms with E-state index in [1.165, 1.54) is 43.7 Å². The number of aromatic carboxylic acids is 1. The van der Waals surface area contributed by atoms with Gasteiger partial charge in [0.05, 0.1) is 13.1 Å². The second kappa shape index (κ2) is 5.36. The van der Waals surface area contributed by atoms with E-state index in [4.69, 9.17) is 4.42 Å². The van der Waals surface area contributed by atoms with E-state index in [0.29, 0.717) is 5.76 Å². The first-order chi connectivity index (χ1) is 8.16. The molecule has 94 valence electrons. The van der Waals surface area contributed by atoms with Gasteiger partial charge in [-0.05, 0) is 38.7 Å². The molecule has 0 amide bonds. The summed E-state index contributed by atoms with van der Waals surface area (Å²) in [4.78, 5) is 12.2. The van der Waals surface area contributed by atoms with Crippen molar-refractivity contribution >= 4 is 5.97 Å². The summed E-state index contributed by atoms with van der Waals surface area (Å²) >= 11 is 0. The molecule has 1 aromatic rings. The van der Waals surface area contributed by atoms with Crippen molar-refractivity contribution in [2.75, 3.05) is 13.1 Å². The Morgan fingerprint density at radius 3 is 2.53 bits per heavy atom. The number of quaternary nitrogens is 1. The molecule has 0 bridgehead atoms. The molecule has 17 heavy (non-hydrogen) atoms. The van der Waals surface area contributed by atoms with Crippen molar-refractivity contribution in [2.45, 2.75) is 39.2 Å². The Kier molecular flexibility index (Phi) is 3.84. The van der Waals surface area contributed by atoms with Crippen LogP contribution in [0.2, 0.25) is 0 Å². The van der Waals surface area contributed by atoms with Crippen LogP contribution in [0.15, 0.2) is 10.5 Å². The minimum atomic E-state index is -1.23. The van der Waals surface area contributed by atoms with Gasteiger partial charge in [-0.1, -0.05) is 0 Å². The Morgan fingerprint density at radius 2 is 2.00 bits per heavy atom. The first kappa shape index (κ1) is 12.2. The van der Waals surface area contributed by atoms with Crippen LogP contribution in [0.4, 0.5) is 0 Å². The third-order valence-corrected chi connectivity index (χ3v) is 3.47. The van der Waals surface area contributed by atoms with Crippen LogP contribution < -0.4 is 10.0 Å². The van der Waals surface area contributed by atoms with E-state index in [2.05, 4.69) is 0 Å². The number of likely N-dealkylation sites (tertiary alicyclic amines) is 1. The normalized spacial score (nSPS) is 17.9. The molecule has 0 saturated carbocycles. The van der Waals surface area contributed by atoms with E-state index in [1.54, 1.807) is 6.07 Å². The van der Waals surface area contributed by atoms with Gasteiger partial charge in [-0.15, -0.1) is 0 Å². The van der Waals surface area contributed by atoms with Gasteiger partial charge in [0.2, 0.25) is 0 Å². The molecule has 2 rings (SSSR count). The molecule has 0 aliphatic carbocycles. The van der Waals surface area contributed by atoms with E-state index in [0.717, 1.165) is 12.1 Å². The number of aryl methyl sites for hydroxylation is 1. The molecule has 1 saturated heterocycles. The number of nitrogens with one attached hydrogen (secondary N) is 1. The standard InChI is InChI=1S/C13H19NO3/c1-10-11(8-12(17-10)13(15)16)9-14-6-4-2-3-5-7-14/h8H,2-7,9H2,1H3,(H,15,16). The average molecular weight is 237 g/mol. The molecule has 0 aromatic carbocycles. The zero-order valence-electron chi connectivity index (χ0n) is 10.3.